The molecule has 1 amide bonds. The molecule has 0 unspecified atom stereocenters. The van der Waals surface area contributed by atoms with Gasteiger partial charge in [0.15, 0.2) is 17.5 Å². The first-order valence-electron chi connectivity index (χ1n) is 10.4. The largest absolute Gasteiger partial charge is 0.490 e. The smallest absolute Gasteiger partial charge is 0.242 e. The second-order valence-corrected chi connectivity index (χ2v) is 8.40. The number of anilines is 1. The number of benzene rings is 1. The lowest BCUT2D eigenvalue weighted by Gasteiger charge is -2.20. The number of halogens is 1. The second-order valence-electron chi connectivity index (χ2n) is 8.40. The maximum atomic E-state index is 12.2. The van der Waals surface area contributed by atoms with Gasteiger partial charge in [-0.05, 0) is 46.8 Å². The molecule has 0 aliphatic carbocycles. The number of hydrogen-bond acceptors (Lipinski definition) is 6. The number of rotatable bonds is 5. The van der Waals surface area contributed by atoms with Crippen LogP contribution in [0.5, 0.6) is 11.5 Å². The molecule has 1 aromatic carbocycles. The van der Waals surface area contributed by atoms with Crippen LogP contribution in [0.4, 0.5) is 5.69 Å². The Hall–Kier alpha value is -2.50. The van der Waals surface area contributed by atoms with Crippen molar-refractivity contribution in [3.63, 3.8) is 0 Å². The maximum absolute atomic E-state index is 12.2. The van der Waals surface area contributed by atoms with Crippen molar-refractivity contribution < 1.29 is 18.7 Å². The summed E-state index contributed by atoms with van der Waals surface area (Å²) >= 11 is 0. The van der Waals surface area contributed by atoms with E-state index in [4.69, 9.17) is 13.9 Å². The highest BCUT2D eigenvalue weighted by Gasteiger charge is 2.15. The van der Waals surface area contributed by atoms with Crippen molar-refractivity contribution in [1.29, 1.82) is 0 Å². The Morgan fingerprint density at radius 3 is 2.53 bits per heavy atom. The van der Waals surface area contributed by atoms with Gasteiger partial charge in [0.05, 0.1) is 25.5 Å². The number of carbonyl (C=O) groups excluding carboxylic acids is 1. The molecule has 0 atom stereocenters. The topological polar surface area (TPSA) is 110 Å². The quantitative estimate of drug-likeness (QED) is 0.293. The molecular weight excluding hydrogens is 525 g/mol. The summed E-state index contributed by atoms with van der Waals surface area (Å²) in [4.78, 5) is 21.0. The molecule has 3 N–H and O–H groups in total. The molecule has 0 saturated carbocycles. The number of aromatic nitrogens is 1. The van der Waals surface area contributed by atoms with Crippen LogP contribution in [0.1, 0.15) is 44.5 Å². The van der Waals surface area contributed by atoms with Gasteiger partial charge in [-0.3, -0.25) is 4.79 Å². The molecule has 9 nitrogen and oxygen atoms in total. The lowest BCUT2D eigenvalue weighted by atomic mass is 10.1. The van der Waals surface area contributed by atoms with Crippen LogP contribution in [-0.4, -0.2) is 42.1 Å². The fourth-order valence-corrected chi connectivity index (χ4v) is 2.90. The number of ether oxygens (including phenoxy) is 2. The zero-order valence-electron chi connectivity index (χ0n) is 19.2. The van der Waals surface area contributed by atoms with Gasteiger partial charge in [0.2, 0.25) is 11.8 Å². The summed E-state index contributed by atoms with van der Waals surface area (Å²) in [5.74, 6) is 2.95. The van der Waals surface area contributed by atoms with E-state index in [0.717, 1.165) is 23.6 Å². The number of hydrogen-bond donors (Lipinski definition) is 3. The molecule has 176 valence electrons. The molecule has 1 aliphatic rings. The van der Waals surface area contributed by atoms with Crippen LogP contribution < -0.4 is 25.4 Å². The van der Waals surface area contributed by atoms with E-state index in [1.165, 1.54) is 0 Å². The summed E-state index contributed by atoms with van der Waals surface area (Å²) in [5.41, 5.74) is 1.27. The van der Waals surface area contributed by atoms with Gasteiger partial charge in [-0.1, -0.05) is 0 Å². The molecule has 2 heterocycles. The summed E-state index contributed by atoms with van der Waals surface area (Å²) in [7, 11) is 0. The molecule has 2 aromatic rings. The SMILES string of the molecule is Cc1nc(CNC(=NCC(=O)NC(C)(C)C)Nc2ccc3c(c2)OCCCO3)oc1C.I. The van der Waals surface area contributed by atoms with Gasteiger partial charge in [-0.25, -0.2) is 9.98 Å². The molecule has 0 radical (unpaired) electrons. The minimum atomic E-state index is -0.324. The Bertz CT molecular complexity index is 933. The summed E-state index contributed by atoms with van der Waals surface area (Å²) in [6.07, 6.45) is 0.837. The van der Waals surface area contributed by atoms with Gasteiger partial charge in [0.1, 0.15) is 12.3 Å². The third kappa shape index (κ3) is 7.88. The monoisotopic (exact) mass is 557 g/mol. The van der Waals surface area contributed by atoms with Crippen LogP contribution in [-0.2, 0) is 11.3 Å². The maximum Gasteiger partial charge on any atom is 0.242 e. The van der Waals surface area contributed by atoms with Crippen molar-refractivity contribution in [2.45, 2.75) is 53.1 Å². The van der Waals surface area contributed by atoms with E-state index in [1.807, 2.05) is 52.8 Å². The van der Waals surface area contributed by atoms with Gasteiger partial charge >= 0.3 is 0 Å². The Kier molecular flexibility index (Phi) is 9.17. The van der Waals surface area contributed by atoms with E-state index in [2.05, 4.69) is 25.9 Å². The van der Waals surface area contributed by atoms with Crippen LogP contribution >= 0.6 is 24.0 Å². The average molecular weight is 557 g/mol. The van der Waals surface area contributed by atoms with Crippen molar-refractivity contribution in [2.75, 3.05) is 25.1 Å². The molecule has 0 saturated heterocycles. The van der Waals surface area contributed by atoms with Gasteiger partial charge in [0, 0.05) is 23.7 Å². The van der Waals surface area contributed by atoms with Crippen LogP contribution in [0.3, 0.4) is 0 Å². The van der Waals surface area contributed by atoms with E-state index in [9.17, 15) is 4.79 Å². The molecule has 0 bridgehead atoms. The lowest BCUT2D eigenvalue weighted by Crippen LogP contribution is -2.42. The Morgan fingerprint density at radius 1 is 1.16 bits per heavy atom. The molecule has 0 spiro atoms. The van der Waals surface area contributed by atoms with E-state index in [-0.39, 0.29) is 42.0 Å². The van der Waals surface area contributed by atoms with Crippen molar-refractivity contribution in [3.8, 4) is 11.5 Å². The number of nitrogens with zero attached hydrogens (tertiary/aromatic N) is 2. The normalized spacial score (nSPS) is 13.6. The molecule has 0 fully saturated rings. The number of fused-ring (bicyclic) bond motifs is 1. The van der Waals surface area contributed by atoms with Gasteiger partial charge < -0.3 is 29.8 Å². The van der Waals surface area contributed by atoms with Crippen LogP contribution in [0.15, 0.2) is 27.6 Å². The third-order valence-electron chi connectivity index (χ3n) is 4.39. The standard InChI is InChI=1S/C22H31N5O4.HI/c1-14-15(2)31-20(25-14)13-24-21(23-12-19(28)27-22(3,4)5)26-16-7-8-17-18(11-16)30-10-6-9-29-17;/h7-8,11H,6,9-10,12-13H2,1-5H3,(H,27,28)(H2,23,24,26);1H. The number of oxazole rings is 1. The van der Waals surface area contributed by atoms with Crippen molar-refractivity contribution >= 4 is 41.5 Å². The highest BCUT2D eigenvalue weighted by atomic mass is 127. The summed E-state index contributed by atoms with van der Waals surface area (Å²) in [6, 6.07) is 5.58. The molecule has 32 heavy (non-hydrogen) atoms. The molecule has 3 rings (SSSR count). The first kappa shape index (κ1) is 25.8. The Balaban J connectivity index is 0.00000363. The van der Waals surface area contributed by atoms with Crippen LogP contribution in [0.25, 0.3) is 0 Å². The average Bonchev–Trinajstić information content (AvgIpc) is 2.88. The molecular formula is C22H32IN5O4. The van der Waals surface area contributed by atoms with Gasteiger partial charge in [-0.15, -0.1) is 24.0 Å². The summed E-state index contributed by atoms with van der Waals surface area (Å²) in [5, 5.41) is 9.28. The fourth-order valence-electron chi connectivity index (χ4n) is 2.90. The van der Waals surface area contributed by atoms with Crippen molar-refractivity contribution in [1.82, 2.24) is 15.6 Å². The highest BCUT2D eigenvalue weighted by Crippen LogP contribution is 2.32. The predicted molar refractivity (Wildman–Crippen MR) is 134 cm³/mol. The molecule has 1 aromatic heterocycles. The first-order chi connectivity index (χ1) is 14.7. The Labute approximate surface area is 205 Å². The highest BCUT2D eigenvalue weighted by molar-refractivity contribution is 14.0. The minimum absolute atomic E-state index is 0. The second kappa shape index (κ2) is 11.4. The van der Waals surface area contributed by atoms with E-state index in [1.54, 1.807) is 0 Å². The number of amides is 1. The third-order valence-corrected chi connectivity index (χ3v) is 4.39. The number of aryl methyl sites for hydroxylation is 2. The Morgan fingerprint density at radius 2 is 1.88 bits per heavy atom. The number of carbonyl (C=O) groups is 1. The van der Waals surface area contributed by atoms with Crippen LogP contribution in [0.2, 0.25) is 0 Å². The van der Waals surface area contributed by atoms with E-state index < -0.39 is 0 Å². The minimum Gasteiger partial charge on any atom is -0.490 e. The zero-order valence-corrected chi connectivity index (χ0v) is 21.5. The van der Waals surface area contributed by atoms with Gasteiger partial charge in [-0.2, -0.15) is 0 Å². The lowest BCUT2D eigenvalue weighted by molar-refractivity contribution is -0.121. The number of nitrogens with one attached hydrogen (secondary N) is 3. The van der Waals surface area contributed by atoms with Crippen molar-refractivity contribution in [2.24, 2.45) is 4.99 Å². The van der Waals surface area contributed by atoms with Crippen molar-refractivity contribution in [3.05, 3.63) is 35.5 Å². The molecule has 1 aliphatic heterocycles. The van der Waals surface area contributed by atoms with Gasteiger partial charge in [0.25, 0.3) is 0 Å². The summed E-state index contributed by atoms with van der Waals surface area (Å²) < 4.78 is 17.1. The molecule has 10 heteroatoms. The summed E-state index contributed by atoms with van der Waals surface area (Å²) in [6.45, 7) is 11.1. The first-order valence-corrected chi connectivity index (χ1v) is 10.4. The number of aliphatic imine (C=N–C) groups is 1. The van der Waals surface area contributed by atoms with E-state index in [0.29, 0.717) is 43.1 Å². The fraction of sp³-hybridized carbons (Fsp3) is 0.500. The zero-order chi connectivity index (χ0) is 22.4. The predicted octanol–water partition coefficient (Wildman–Crippen LogP) is 3.54. The van der Waals surface area contributed by atoms with E-state index >= 15 is 0 Å². The number of guanidine groups is 1. The van der Waals surface area contributed by atoms with Crippen LogP contribution in [0, 0.1) is 13.8 Å².